The van der Waals surface area contributed by atoms with Gasteiger partial charge in [-0.3, -0.25) is 4.68 Å². The first-order chi connectivity index (χ1) is 10.4. The number of nitrogens with zero attached hydrogens (tertiary/aromatic N) is 2. The molecule has 22 heavy (non-hydrogen) atoms. The van der Waals surface area contributed by atoms with Gasteiger partial charge in [0.05, 0.1) is 22.7 Å². The molecule has 0 amide bonds. The zero-order valence-corrected chi connectivity index (χ0v) is 15.2. The van der Waals surface area contributed by atoms with Crippen LogP contribution in [0.5, 0.6) is 0 Å². The van der Waals surface area contributed by atoms with Gasteiger partial charge in [-0.2, -0.15) is 5.10 Å². The number of esters is 1. The summed E-state index contributed by atoms with van der Waals surface area (Å²) in [5.74, 6) is -0.203. The van der Waals surface area contributed by atoms with Gasteiger partial charge in [-0.25, -0.2) is 4.79 Å². The molecule has 0 aromatic carbocycles. The molecule has 0 spiro atoms. The maximum atomic E-state index is 12.3. The zero-order chi connectivity index (χ0) is 16.1. The Bertz CT molecular complexity index is 744. The van der Waals surface area contributed by atoms with Crippen molar-refractivity contribution in [1.82, 2.24) is 9.78 Å². The van der Waals surface area contributed by atoms with Gasteiger partial charge >= 0.3 is 5.97 Å². The molecule has 0 radical (unpaired) electrons. The predicted octanol–water partition coefficient (Wildman–Crippen LogP) is 3.88. The van der Waals surface area contributed by atoms with Crippen LogP contribution in [0.3, 0.4) is 0 Å². The van der Waals surface area contributed by atoms with Gasteiger partial charge in [0, 0.05) is 18.2 Å². The summed E-state index contributed by atoms with van der Waals surface area (Å²) in [6, 6.07) is 0. The molecule has 0 bridgehead atoms. The Labute approximate surface area is 138 Å². The number of thioether (sulfide) groups is 1. The van der Waals surface area contributed by atoms with Gasteiger partial charge in [0.15, 0.2) is 0 Å². The van der Waals surface area contributed by atoms with Gasteiger partial charge in [-0.15, -0.1) is 23.1 Å². The highest BCUT2D eigenvalue weighted by Gasteiger charge is 2.39. The summed E-state index contributed by atoms with van der Waals surface area (Å²) in [6.45, 7) is 6.67. The number of rotatable bonds is 3. The van der Waals surface area contributed by atoms with E-state index in [1.807, 2.05) is 24.9 Å². The molecule has 0 N–H and O–H groups in total. The number of fused-ring (bicyclic) bond motifs is 3. The van der Waals surface area contributed by atoms with E-state index in [2.05, 4.69) is 25.2 Å². The molecule has 0 unspecified atom stereocenters. The van der Waals surface area contributed by atoms with Crippen LogP contribution in [-0.2, 0) is 23.6 Å². The Balaban J connectivity index is 2.27. The molecule has 1 aliphatic carbocycles. The summed E-state index contributed by atoms with van der Waals surface area (Å²) in [5, 5.41) is 4.45. The topological polar surface area (TPSA) is 44.1 Å². The standard InChI is InChI=1S/C16H20N2O2S2/c1-6-20-14(19)13-9-7-16(2,3)10-8-17-18(4)12(10)11(9)15(21-5)22-13/h8H,6-7H2,1-5H3. The third kappa shape index (κ3) is 2.20. The van der Waals surface area contributed by atoms with E-state index in [0.29, 0.717) is 6.61 Å². The second-order valence-electron chi connectivity index (χ2n) is 6.09. The van der Waals surface area contributed by atoms with Gasteiger partial charge in [0.1, 0.15) is 4.88 Å². The van der Waals surface area contributed by atoms with E-state index in [4.69, 9.17) is 4.74 Å². The van der Waals surface area contributed by atoms with Gasteiger partial charge in [-0.05, 0) is 30.6 Å². The molecule has 0 fully saturated rings. The molecule has 2 aromatic heterocycles. The minimum Gasteiger partial charge on any atom is -0.462 e. The van der Waals surface area contributed by atoms with E-state index in [9.17, 15) is 4.79 Å². The fraction of sp³-hybridized carbons (Fsp3) is 0.500. The van der Waals surface area contributed by atoms with Crippen molar-refractivity contribution in [2.75, 3.05) is 12.9 Å². The summed E-state index contributed by atoms with van der Waals surface area (Å²) in [7, 11) is 1.97. The molecular formula is C16H20N2O2S2. The first-order valence-electron chi connectivity index (χ1n) is 7.30. The second kappa shape index (κ2) is 5.42. The fourth-order valence-corrected chi connectivity index (χ4v) is 5.08. The van der Waals surface area contributed by atoms with Crippen LogP contribution in [0, 0.1) is 0 Å². The lowest BCUT2D eigenvalue weighted by atomic mass is 9.73. The largest absolute Gasteiger partial charge is 0.462 e. The normalized spacial score (nSPS) is 15.3. The van der Waals surface area contributed by atoms with Crippen LogP contribution < -0.4 is 0 Å². The Morgan fingerprint density at radius 1 is 1.55 bits per heavy atom. The Morgan fingerprint density at radius 2 is 2.27 bits per heavy atom. The Kier molecular flexibility index (Phi) is 3.85. The van der Waals surface area contributed by atoms with Gasteiger partial charge < -0.3 is 4.74 Å². The van der Waals surface area contributed by atoms with Crippen LogP contribution in [-0.4, -0.2) is 28.6 Å². The van der Waals surface area contributed by atoms with E-state index < -0.39 is 0 Å². The van der Waals surface area contributed by atoms with Crippen LogP contribution in [0.25, 0.3) is 11.3 Å². The first kappa shape index (κ1) is 15.6. The van der Waals surface area contributed by atoms with E-state index in [1.165, 1.54) is 15.3 Å². The molecule has 2 heterocycles. The van der Waals surface area contributed by atoms with Gasteiger partial charge in [0.25, 0.3) is 0 Å². The quantitative estimate of drug-likeness (QED) is 0.630. The zero-order valence-electron chi connectivity index (χ0n) is 13.5. The van der Waals surface area contributed by atoms with Gasteiger partial charge in [-0.1, -0.05) is 13.8 Å². The molecule has 0 aliphatic heterocycles. The van der Waals surface area contributed by atoms with Crippen molar-refractivity contribution >= 4 is 29.1 Å². The average Bonchev–Trinajstić information content (AvgIpc) is 3.00. The number of hydrogen-bond donors (Lipinski definition) is 0. The number of aryl methyl sites for hydroxylation is 1. The van der Waals surface area contributed by atoms with Crippen molar-refractivity contribution < 1.29 is 9.53 Å². The second-order valence-corrected chi connectivity index (χ2v) is 8.18. The summed E-state index contributed by atoms with van der Waals surface area (Å²) in [5.41, 5.74) is 4.66. The maximum absolute atomic E-state index is 12.3. The highest BCUT2D eigenvalue weighted by atomic mass is 32.2. The van der Waals surface area contributed by atoms with E-state index in [1.54, 1.807) is 23.1 Å². The third-order valence-corrected chi connectivity index (χ3v) is 6.48. The monoisotopic (exact) mass is 336 g/mol. The molecular weight excluding hydrogens is 316 g/mol. The highest BCUT2D eigenvalue weighted by molar-refractivity contribution is 8.00. The average molecular weight is 336 g/mol. The number of aromatic nitrogens is 2. The number of ether oxygens (including phenoxy) is 1. The van der Waals surface area contributed by atoms with Crippen molar-refractivity contribution in [1.29, 1.82) is 0 Å². The number of hydrogen-bond acceptors (Lipinski definition) is 5. The molecule has 2 aromatic rings. The van der Waals surface area contributed by atoms with Crippen LogP contribution >= 0.6 is 23.1 Å². The summed E-state index contributed by atoms with van der Waals surface area (Å²) in [4.78, 5) is 13.1. The molecule has 3 rings (SSSR count). The van der Waals surface area contributed by atoms with Crippen LogP contribution in [0.4, 0.5) is 0 Å². The lowest BCUT2D eigenvalue weighted by Crippen LogP contribution is -2.26. The number of carbonyl (C=O) groups excluding carboxylic acids is 1. The lowest BCUT2D eigenvalue weighted by Gasteiger charge is -2.30. The number of carbonyl (C=O) groups is 1. The van der Waals surface area contributed by atoms with Crippen LogP contribution in [0.2, 0.25) is 0 Å². The summed E-state index contributed by atoms with van der Waals surface area (Å²) >= 11 is 3.23. The van der Waals surface area contributed by atoms with E-state index in [-0.39, 0.29) is 11.4 Å². The smallest absolute Gasteiger partial charge is 0.348 e. The van der Waals surface area contributed by atoms with Gasteiger partial charge in [0.2, 0.25) is 0 Å². The molecule has 1 aliphatic rings. The van der Waals surface area contributed by atoms with E-state index in [0.717, 1.165) is 22.6 Å². The van der Waals surface area contributed by atoms with Crippen molar-refractivity contribution in [3.8, 4) is 11.3 Å². The molecule has 0 saturated heterocycles. The predicted molar refractivity (Wildman–Crippen MR) is 91.0 cm³/mol. The molecule has 0 saturated carbocycles. The fourth-order valence-electron chi connectivity index (χ4n) is 3.12. The summed E-state index contributed by atoms with van der Waals surface area (Å²) < 4.78 is 8.35. The first-order valence-corrected chi connectivity index (χ1v) is 9.34. The van der Waals surface area contributed by atoms with Crippen molar-refractivity contribution in [3.05, 3.63) is 22.2 Å². The maximum Gasteiger partial charge on any atom is 0.348 e. The minimum absolute atomic E-state index is 0.0331. The minimum atomic E-state index is -0.203. The van der Waals surface area contributed by atoms with E-state index >= 15 is 0 Å². The highest BCUT2D eigenvalue weighted by Crippen LogP contribution is 2.51. The Hall–Kier alpha value is -1.27. The molecule has 0 atom stereocenters. The molecule has 6 heteroatoms. The van der Waals surface area contributed by atoms with Crippen LogP contribution in [0.1, 0.15) is 41.6 Å². The van der Waals surface area contributed by atoms with Crippen molar-refractivity contribution in [2.45, 2.75) is 36.8 Å². The number of thiophene rings is 1. The molecule has 118 valence electrons. The Morgan fingerprint density at radius 3 is 2.91 bits per heavy atom. The van der Waals surface area contributed by atoms with Crippen molar-refractivity contribution in [2.24, 2.45) is 7.05 Å². The lowest BCUT2D eigenvalue weighted by molar-refractivity contribution is 0.0530. The summed E-state index contributed by atoms with van der Waals surface area (Å²) in [6.07, 6.45) is 4.85. The third-order valence-electron chi connectivity index (χ3n) is 4.14. The molecule has 4 nitrogen and oxygen atoms in total. The van der Waals surface area contributed by atoms with Crippen LogP contribution in [0.15, 0.2) is 10.4 Å². The van der Waals surface area contributed by atoms with Crippen molar-refractivity contribution in [3.63, 3.8) is 0 Å². The SMILES string of the molecule is CCOC(=O)c1sc(SC)c2c1CC(C)(C)c1cnn(C)c1-2.